The number of nitrogen functional groups attached to an aromatic ring is 1. The van der Waals surface area contributed by atoms with Gasteiger partial charge in [0.1, 0.15) is 5.82 Å². The molecule has 0 aliphatic carbocycles. The number of hydrogen-bond acceptors (Lipinski definition) is 6. The van der Waals surface area contributed by atoms with E-state index < -0.39 is 23.7 Å². The predicted molar refractivity (Wildman–Crippen MR) is 61.9 cm³/mol. The first kappa shape index (κ1) is 15.0. The maximum absolute atomic E-state index is 12.6. The number of nitrogens with two attached hydrogens (primary N) is 2. The van der Waals surface area contributed by atoms with E-state index in [0.717, 1.165) is 6.07 Å². The highest BCUT2D eigenvalue weighted by molar-refractivity contribution is 5.79. The molecule has 0 aliphatic rings. The van der Waals surface area contributed by atoms with Crippen molar-refractivity contribution in [3.8, 4) is 0 Å². The van der Waals surface area contributed by atoms with Crippen LogP contribution >= 0.6 is 0 Å². The number of alkyl halides is 3. The Balaban J connectivity index is 3.22. The van der Waals surface area contributed by atoms with Gasteiger partial charge in [0.05, 0.1) is 6.54 Å². The topological polar surface area (TPSA) is 110 Å². The van der Waals surface area contributed by atoms with Crippen molar-refractivity contribution in [1.29, 1.82) is 0 Å². The molecular formula is C9H13F3N6O. The minimum absolute atomic E-state index is 0.0865. The summed E-state index contributed by atoms with van der Waals surface area (Å²) in [5.74, 6) is 3.86. The molecule has 1 aromatic rings. The molecule has 0 saturated heterocycles. The molecule has 0 saturated carbocycles. The second-order valence-electron chi connectivity index (χ2n) is 3.56. The third kappa shape index (κ3) is 3.95. The lowest BCUT2D eigenvalue weighted by atomic mass is 10.3. The van der Waals surface area contributed by atoms with Gasteiger partial charge in [-0.1, -0.05) is 0 Å². The van der Waals surface area contributed by atoms with E-state index in [1.165, 1.54) is 4.90 Å². The molecule has 0 aliphatic heterocycles. The molecule has 0 fully saturated rings. The van der Waals surface area contributed by atoms with Gasteiger partial charge in [0.25, 0.3) is 0 Å². The van der Waals surface area contributed by atoms with Crippen molar-refractivity contribution in [1.82, 2.24) is 9.97 Å². The van der Waals surface area contributed by atoms with Crippen LogP contribution in [0.25, 0.3) is 0 Å². The predicted octanol–water partition coefficient (Wildman–Crippen LogP) is 0.0926. The Morgan fingerprint density at radius 1 is 1.47 bits per heavy atom. The zero-order valence-electron chi connectivity index (χ0n) is 10.0. The number of primary amides is 1. The van der Waals surface area contributed by atoms with Crippen LogP contribution in [0.4, 0.5) is 24.9 Å². The Hall–Kier alpha value is -2.10. The number of carbonyl (C=O) groups is 1. The van der Waals surface area contributed by atoms with E-state index in [4.69, 9.17) is 11.6 Å². The molecule has 1 amide bonds. The highest BCUT2D eigenvalue weighted by Gasteiger charge is 2.34. The number of rotatable bonds is 5. The number of nitrogens with zero attached hydrogens (tertiary/aromatic N) is 3. The lowest BCUT2D eigenvalue weighted by Gasteiger charge is -2.21. The Morgan fingerprint density at radius 3 is 2.53 bits per heavy atom. The Labute approximate surface area is 106 Å². The molecule has 106 valence electrons. The van der Waals surface area contributed by atoms with Gasteiger partial charge in [-0.25, -0.2) is 10.8 Å². The van der Waals surface area contributed by atoms with Gasteiger partial charge in [0.15, 0.2) is 5.69 Å². The number of hydrogen-bond donors (Lipinski definition) is 3. The second kappa shape index (κ2) is 5.69. The zero-order chi connectivity index (χ0) is 14.6. The third-order valence-electron chi connectivity index (χ3n) is 2.18. The number of amides is 1. The molecule has 1 aromatic heterocycles. The average Bonchev–Trinajstić information content (AvgIpc) is 2.34. The van der Waals surface area contributed by atoms with Crippen LogP contribution in [0.1, 0.15) is 12.6 Å². The van der Waals surface area contributed by atoms with E-state index in [2.05, 4.69) is 9.97 Å². The van der Waals surface area contributed by atoms with E-state index >= 15 is 0 Å². The number of likely N-dealkylation sites (N-methyl/N-ethyl adjacent to an activating group) is 1. The molecule has 0 unspecified atom stereocenters. The number of halogens is 3. The SMILES string of the molecule is CCN(CC(N)=O)c1cc(C(F)(F)F)nc(NN)n1. The fraction of sp³-hybridized carbons (Fsp3) is 0.444. The number of nitrogens with one attached hydrogen (secondary N) is 1. The summed E-state index contributed by atoms with van der Waals surface area (Å²) in [6.45, 7) is 1.64. The van der Waals surface area contributed by atoms with E-state index in [-0.39, 0.29) is 18.9 Å². The average molecular weight is 278 g/mol. The van der Waals surface area contributed by atoms with Crippen molar-refractivity contribution in [3.63, 3.8) is 0 Å². The maximum atomic E-state index is 12.6. The summed E-state index contributed by atoms with van der Waals surface area (Å²) >= 11 is 0. The first-order chi connectivity index (χ1) is 8.77. The van der Waals surface area contributed by atoms with Crippen LogP contribution in [0.2, 0.25) is 0 Å². The summed E-state index contributed by atoms with van der Waals surface area (Å²) in [4.78, 5) is 19.1. The molecule has 0 spiro atoms. The van der Waals surface area contributed by atoms with E-state index in [1.807, 2.05) is 5.43 Å². The molecule has 0 atom stereocenters. The maximum Gasteiger partial charge on any atom is 0.433 e. The van der Waals surface area contributed by atoms with Crippen LogP contribution in [0, 0.1) is 0 Å². The third-order valence-corrected chi connectivity index (χ3v) is 2.18. The Bertz CT molecular complexity index is 464. The molecular weight excluding hydrogens is 265 g/mol. The first-order valence-corrected chi connectivity index (χ1v) is 5.24. The minimum Gasteiger partial charge on any atom is -0.368 e. The highest BCUT2D eigenvalue weighted by atomic mass is 19.4. The van der Waals surface area contributed by atoms with Gasteiger partial charge < -0.3 is 10.6 Å². The van der Waals surface area contributed by atoms with E-state index in [0.29, 0.717) is 0 Å². The molecule has 7 nitrogen and oxygen atoms in total. The van der Waals surface area contributed by atoms with Crippen molar-refractivity contribution in [3.05, 3.63) is 11.8 Å². The Kier molecular flexibility index (Phi) is 4.48. The number of aromatic nitrogens is 2. The summed E-state index contributed by atoms with van der Waals surface area (Å²) in [6.07, 6.45) is -4.64. The first-order valence-electron chi connectivity index (χ1n) is 5.24. The summed E-state index contributed by atoms with van der Waals surface area (Å²) < 4.78 is 37.9. The van der Waals surface area contributed by atoms with Crippen molar-refractivity contribution in [2.24, 2.45) is 11.6 Å². The molecule has 19 heavy (non-hydrogen) atoms. The van der Waals surface area contributed by atoms with Crippen molar-refractivity contribution in [2.45, 2.75) is 13.1 Å². The molecule has 10 heteroatoms. The van der Waals surface area contributed by atoms with Gasteiger partial charge in [-0.15, -0.1) is 0 Å². The van der Waals surface area contributed by atoms with Crippen LogP contribution in [-0.4, -0.2) is 29.0 Å². The lowest BCUT2D eigenvalue weighted by molar-refractivity contribution is -0.141. The highest BCUT2D eigenvalue weighted by Crippen LogP contribution is 2.30. The largest absolute Gasteiger partial charge is 0.433 e. The number of carbonyl (C=O) groups excluding carboxylic acids is 1. The van der Waals surface area contributed by atoms with Gasteiger partial charge in [-0.2, -0.15) is 18.2 Å². The van der Waals surface area contributed by atoms with Gasteiger partial charge in [-0.05, 0) is 6.92 Å². The van der Waals surface area contributed by atoms with E-state index in [1.54, 1.807) is 6.92 Å². The van der Waals surface area contributed by atoms with Gasteiger partial charge in [-0.3, -0.25) is 10.2 Å². The number of anilines is 2. The van der Waals surface area contributed by atoms with Gasteiger partial charge in [0, 0.05) is 12.6 Å². The fourth-order valence-corrected chi connectivity index (χ4v) is 1.35. The minimum atomic E-state index is -4.64. The smallest absolute Gasteiger partial charge is 0.368 e. The quantitative estimate of drug-likeness (QED) is 0.520. The molecule has 1 rings (SSSR count). The molecule has 5 N–H and O–H groups in total. The monoisotopic (exact) mass is 278 g/mol. The van der Waals surface area contributed by atoms with Crippen LogP contribution in [0.3, 0.4) is 0 Å². The Morgan fingerprint density at radius 2 is 2.11 bits per heavy atom. The lowest BCUT2D eigenvalue weighted by Crippen LogP contribution is -2.34. The normalized spacial score (nSPS) is 11.2. The summed E-state index contributed by atoms with van der Waals surface area (Å²) in [6, 6.07) is 0.729. The molecule has 0 bridgehead atoms. The summed E-state index contributed by atoms with van der Waals surface area (Å²) in [7, 11) is 0. The van der Waals surface area contributed by atoms with Crippen LogP contribution < -0.4 is 21.9 Å². The van der Waals surface area contributed by atoms with Crippen LogP contribution in [0.15, 0.2) is 6.07 Å². The van der Waals surface area contributed by atoms with Crippen molar-refractivity contribution >= 4 is 17.7 Å². The zero-order valence-corrected chi connectivity index (χ0v) is 10.0. The standard InChI is InChI=1S/C9H13F3N6O/c1-2-18(4-6(13)19)7-3-5(9(10,11)12)15-8(16-7)17-14/h3H,2,4,14H2,1H3,(H2,13,19)(H,15,16,17). The molecule has 0 radical (unpaired) electrons. The second-order valence-corrected chi connectivity index (χ2v) is 3.56. The summed E-state index contributed by atoms with van der Waals surface area (Å²) in [5, 5.41) is 0. The summed E-state index contributed by atoms with van der Waals surface area (Å²) in [5.41, 5.74) is 5.80. The number of hydrazine groups is 1. The van der Waals surface area contributed by atoms with Crippen molar-refractivity contribution in [2.75, 3.05) is 23.4 Å². The van der Waals surface area contributed by atoms with Crippen molar-refractivity contribution < 1.29 is 18.0 Å². The molecule has 1 heterocycles. The van der Waals surface area contributed by atoms with Gasteiger partial charge >= 0.3 is 6.18 Å². The van der Waals surface area contributed by atoms with E-state index in [9.17, 15) is 18.0 Å². The van der Waals surface area contributed by atoms with Crippen LogP contribution in [0.5, 0.6) is 0 Å². The fourth-order valence-electron chi connectivity index (χ4n) is 1.35. The molecule has 0 aromatic carbocycles. The van der Waals surface area contributed by atoms with Gasteiger partial charge in [0.2, 0.25) is 11.9 Å². The van der Waals surface area contributed by atoms with Crippen LogP contribution in [-0.2, 0) is 11.0 Å².